The normalized spacial score (nSPS) is 10.6. The zero-order valence-electron chi connectivity index (χ0n) is 18.3. The minimum atomic E-state index is -0.295. The van der Waals surface area contributed by atoms with Gasteiger partial charge in [-0.3, -0.25) is 9.59 Å². The Bertz CT molecular complexity index is 1290. The number of amides is 2. The highest BCUT2D eigenvalue weighted by Crippen LogP contribution is 2.23. The molecule has 0 fully saturated rings. The summed E-state index contributed by atoms with van der Waals surface area (Å²) in [6.07, 6.45) is 0. The number of rotatable bonds is 6. The van der Waals surface area contributed by atoms with Gasteiger partial charge in [0.1, 0.15) is 5.69 Å². The van der Waals surface area contributed by atoms with Gasteiger partial charge in [0.05, 0.1) is 17.9 Å². The van der Waals surface area contributed by atoms with Crippen molar-refractivity contribution in [2.45, 2.75) is 6.92 Å². The molecule has 0 aliphatic rings. The second-order valence-electron chi connectivity index (χ2n) is 7.70. The molecule has 0 spiro atoms. The fraction of sp³-hybridized carbons (Fsp3) is 0.115. The van der Waals surface area contributed by atoms with Crippen LogP contribution in [0.1, 0.15) is 16.1 Å². The van der Waals surface area contributed by atoms with Gasteiger partial charge in [0, 0.05) is 22.8 Å². The second-order valence-corrected chi connectivity index (χ2v) is 8.61. The zero-order chi connectivity index (χ0) is 23.4. The summed E-state index contributed by atoms with van der Waals surface area (Å²) in [5.41, 5.74) is 4.39. The largest absolute Gasteiger partial charge is 0.331 e. The lowest BCUT2D eigenvalue weighted by Crippen LogP contribution is -2.36. The molecule has 7 heteroatoms. The Balaban J connectivity index is 1.58. The number of aromatic nitrogens is 2. The maximum absolute atomic E-state index is 13.4. The first kappa shape index (κ1) is 22.5. The van der Waals surface area contributed by atoms with Crippen LogP contribution in [0.15, 0.2) is 89.4 Å². The predicted octanol–water partition coefficient (Wildman–Crippen LogP) is 5.32. The van der Waals surface area contributed by atoms with E-state index in [1.807, 2.05) is 85.8 Å². The maximum atomic E-state index is 13.4. The first-order chi connectivity index (χ1) is 15.9. The molecule has 3 aromatic carbocycles. The molecule has 1 N–H and O–H groups in total. The van der Waals surface area contributed by atoms with E-state index < -0.39 is 0 Å². The number of hydrogen-bond acceptors (Lipinski definition) is 3. The minimum absolute atomic E-state index is 0.0883. The lowest BCUT2D eigenvalue weighted by atomic mass is 10.1. The molecule has 4 rings (SSSR count). The smallest absolute Gasteiger partial charge is 0.272 e. The number of anilines is 1. The van der Waals surface area contributed by atoms with Crippen molar-refractivity contribution >= 4 is 33.4 Å². The van der Waals surface area contributed by atoms with Crippen LogP contribution in [-0.2, 0) is 4.79 Å². The monoisotopic (exact) mass is 502 g/mol. The highest BCUT2D eigenvalue weighted by Gasteiger charge is 2.22. The van der Waals surface area contributed by atoms with Crippen molar-refractivity contribution in [2.75, 3.05) is 18.9 Å². The third-order valence-electron chi connectivity index (χ3n) is 5.19. The molecular formula is C26H23BrN4O2. The molecule has 0 aliphatic heterocycles. The Kier molecular flexibility index (Phi) is 6.70. The fourth-order valence-corrected chi connectivity index (χ4v) is 3.96. The van der Waals surface area contributed by atoms with Gasteiger partial charge in [0.15, 0.2) is 0 Å². The number of aryl methyl sites for hydroxylation is 1. The van der Waals surface area contributed by atoms with Crippen LogP contribution in [0.2, 0.25) is 0 Å². The molecule has 0 saturated heterocycles. The van der Waals surface area contributed by atoms with Gasteiger partial charge in [0.25, 0.3) is 5.91 Å². The van der Waals surface area contributed by atoms with Crippen LogP contribution in [0.25, 0.3) is 16.9 Å². The SMILES string of the molecule is Cc1cc(Br)ccc1NC(=O)CN(C)C(=O)c1cc(-c2ccccc2)nn1-c1ccccc1. The zero-order valence-corrected chi connectivity index (χ0v) is 19.9. The van der Waals surface area contributed by atoms with Crippen LogP contribution < -0.4 is 5.32 Å². The van der Waals surface area contributed by atoms with Gasteiger partial charge in [-0.05, 0) is 48.9 Å². The van der Waals surface area contributed by atoms with Crippen molar-refractivity contribution < 1.29 is 9.59 Å². The fourth-order valence-electron chi connectivity index (χ4n) is 3.49. The summed E-state index contributed by atoms with van der Waals surface area (Å²) < 4.78 is 2.56. The van der Waals surface area contributed by atoms with Gasteiger partial charge in [-0.1, -0.05) is 64.5 Å². The van der Waals surface area contributed by atoms with Crippen molar-refractivity contribution in [3.63, 3.8) is 0 Å². The third-order valence-corrected chi connectivity index (χ3v) is 5.68. The first-order valence-electron chi connectivity index (χ1n) is 10.4. The Hall–Kier alpha value is -3.71. The molecule has 0 unspecified atom stereocenters. The van der Waals surface area contributed by atoms with E-state index in [-0.39, 0.29) is 18.4 Å². The van der Waals surface area contributed by atoms with Crippen LogP contribution in [0.3, 0.4) is 0 Å². The number of nitrogens with one attached hydrogen (secondary N) is 1. The molecule has 2 amide bonds. The molecule has 0 bridgehead atoms. The van der Waals surface area contributed by atoms with E-state index in [0.717, 1.165) is 21.3 Å². The second kappa shape index (κ2) is 9.83. The highest BCUT2D eigenvalue weighted by molar-refractivity contribution is 9.10. The van der Waals surface area contributed by atoms with E-state index in [2.05, 4.69) is 26.3 Å². The molecule has 1 aromatic heterocycles. The molecule has 0 saturated carbocycles. The average Bonchev–Trinajstić information content (AvgIpc) is 3.27. The number of hydrogen-bond donors (Lipinski definition) is 1. The standard InChI is InChI=1S/C26H23BrN4O2/c1-18-15-20(27)13-14-22(18)28-25(32)17-30(2)26(33)24-16-23(19-9-5-3-6-10-19)29-31(24)21-11-7-4-8-12-21/h3-16H,17H2,1-2H3,(H,28,32). The van der Waals surface area contributed by atoms with Gasteiger partial charge in [-0.2, -0.15) is 5.10 Å². The lowest BCUT2D eigenvalue weighted by molar-refractivity contribution is -0.116. The Morgan fingerprint density at radius 3 is 2.30 bits per heavy atom. The topological polar surface area (TPSA) is 67.2 Å². The van der Waals surface area contributed by atoms with E-state index in [1.165, 1.54) is 4.90 Å². The van der Waals surface area contributed by atoms with E-state index >= 15 is 0 Å². The lowest BCUT2D eigenvalue weighted by Gasteiger charge is -2.18. The van der Waals surface area contributed by atoms with Crippen molar-refractivity contribution in [1.29, 1.82) is 0 Å². The van der Waals surface area contributed by atoms with Crippen LogP contribution in [-0.4, -0.2) is 40.1 Å². The number of nitrogens with zero attached hydrogens (tertiary/aromatic N) is 3. The van der Waals surface area contributed by atoms with Gasteiger partial charge in [0.2, 0.25) is 5.91 Å². The number of carbonyl (C=O) groups excluding carboxylic acids is 2. The van der Waals surface area contributed by atoms with Crippen molar-refractivity contribution in [2.24, 2.45) is 0 Å². The van der Waals surface area contributed by atoms with Gasteiger partial charge in [-0.25, -0.2) is 4.68 Å². The van der Waals surface area contributed by atoms with E-state index in [9.17, 15) is 9.59 Å². The van der Waals surface area contributed by atoms with Crippen LogP contribution in [0.5, 0.6) is 0 Å². The Labute approximate surface area is 201 Å². The van der Waals surface area contributed by atoms with Crippen LogP contribution >= 0.6 is 15.9 Å². The summed E-state index contributed by atoms with van der Waals surface area (Å²) in [5.74, 6) is -0.568. The number of halogens is 1. The molecule has 1 heterocycles. The molecule has 6 nitrogen and oxygen atoms in total. The number of para-hydroxylation sites is 1. The molecule has 4 aromatic rings. The summed E-state index contributed by atoms with van der Waals surface area (Å²) in [6, 6.07) is 26.5. The summed E-state index contributed by atoms with van der Waals surface area (Å²) in [4.78, 5) is 27.4. The third kappa shape index (κ3) is 5.21. The van der Waals surface area contributed by atoms with E-state index in [1.54, 1.807) is 17.8 Å². The maximum Gasteiger partial charge on any atom is 0.272 e. The van der Waals surface area contributed by atoms with E-state index in [4.69, 9.17) is 0 Å². The molecule has 0 aliphatic carbocycles. The van der Waals surface area contributed by atoms with Crippen LogP contribution in [0, 0.1) is 6.92 Å². The Morgan fingerprint density at radius 1 is 0.970 bits per heavy atom. The number of benzene rings is 3. The van der Waals surface area contributed by atoms with Gasteiger partial charge >= 0.3 is 0 Å². The van der Waals surface area contributed by atoms with E-state index in [0.29, 0.717) is 17.1 Å². The quantitative estimate of drug-likeness (QED) is 0.387. The summed E-state index contributed by atoms with van der Waals surface area (Å²) in [5, 5.41) is 7.56. The van der Waals surface area contributed by atoms with Crippen molar-refractivity contribution in [3.05, 3.63) is 101 Å². The molecule has 33 heavy (non-hydrogen) atoms. The van der Waals surface area contributed by atoms with Gasteiger partial charge in [-0.15, -0.1) is 0 Å². The van der Waals surface area contributed by atoms with Crippen molar-refractivity contribution in [1.82, 2.24) is 14.7 Å². The Morgan fingerprint density at radius 2 is 1.64 bits per heavy atom. The van der Waals surface area contributed by atoms with Crippen molar-refractivity contribution in [3.8, 4) is 16.9 Å². The number of likely N-dealkylation sites (N-methyl/N-ethyl adjacent to an activating group) is 1. The van der Waals surface area contributed by atoms with Crippen LogP contribution in [0.4, 0.5) is 5.69 Å². The first-order valence-corrected chi connectivity index (χ1v) is 11.2. The molecular weight excluding hydrogens is 480 g/mol. The summed E-state index contributed by atoms with van der Waals surface area (Å²) in [7, 11) is 1.61. The molecule has 0 atom stereocenters. The summed E-state index contributed by atoms with van der Waals surface area (Å²) in [6.45, 7) is 1.83. The highest BCUT2D eigenvalue weighted by atomic mass is 79.9. The molecule has 0 radical (unpaired) electrons. The van der Waals surface area contributed by atoms with Gasteiger partial charge < -0.3 is 10.2 Å². The molecule has 166 valence electrons. The predicted molar refractivity (Wildman–Crippen MR) is 133 cm³/mol. The minimum Gasteiger partial charge on any atom is -0.331 e. The summed E-state index contributed by atoms with van der Waals surface area (Å²) >= 11 is 3.42. The average molecular weight is 503 g/mol. The number of carbonyl (C=O) groups is 2.